The topological polar surface area (TPSA) is 52.6 Å². The van der Waals surface area contributed by atoms with Crippen LogP contribution in [0.2, 0.25) is 0 Å². The van der Waals surface area contributed by atoms with Gasteiger partial charge in [0.15, 0.2) is 0 Å². The number of esters is 2. The molecule has 0 aromatic carbocycles. The lowest BCUT2D eigenvalue weighted by atomic mass is 10.1. The third-order valence-corrected chi connectivity index (χ3v) is 1.48. The van der Waals surface area contributed by atoms with E-state index in [1.54, 1.807) is 6.92 Å². The summed E-state index contributed by atoms with van der Waals surface area (Å²) in [7, 11) is 0. The number of carbonyl (C=O) groups excluding carboxylic acids is 2. The van der Waals surface area contributed by atoms with Crippen molar-refractivity contribution in [3.05, 3.63) is 0 Å². The zero-order valence-corrected chi connectivity index (χ0v) is 6.33. The molecule has 0 bridgehead atoms. The molecule has 0 amide bonds. The minimum absolute atomic E-state index is 0.166. The predicted octanol–water partition coefficient (Wildman–Crippen LogP) is 0.113. The fourth-order valence-corrected chi connectivity index (χ4v) is 0.924. The summed E-state index contributed by atoms with van der Waals surface area (Å²) < 4.78 is 9.30. The molecule has 4 nitrogen and oxygen atoms in total. The van der Waals surface area contributed by atoms with Crippen LogP contribution < -0.4 is 0 Å². The highest BCUT2D eigenvalue weighted by atomic mass is 16.6. The SMILES string of the molecule is CCOC(=O)[C@H]1COC(=O)C1. The van der Waals surface area contributed by atoms with Crippen molar-refractivity contribution in [3.63, 3.8) is 0 Å². The molecule has 0 spiro atoms. The molecule has 1 rings (SSSR count). The molecule has 62 valence electrons. The largest absolute Gasteiger partial charge is 0.466 e. The number of rotatable bonds is 2. The minimum Gasteiger partial charge on any atom is -0.466 e. The Morgan fingerprint density at radius 2 is 2.55 bits per heavy atom. The van der Waals surface area contributed by atoms with Crippen molar-refractivity contribution >= 4 is 11.9 Å². The highest BCUT2D eigenvalue weighted by Crippen LogP contribution is 2.14. The van der Waals surface area contributed by atoms with Crippen LogP contribution in [-0.4, -0.2) is 25.2 Å². The molecule has 1 saturated heterocycles. The maximum Gasteiger partial charge on any atom is 0.312 e. The first-order valence-electron chi connectivity index (χ1n) is 3.56. The molecule has 1 heterocycles. The lowest BCUT2D eigenvalue weighted by Crippen LogP contribution is -2.17. The zero-order chi connectivity index (χ0) is 8.27. The van der Waals surface area contributed by atoms with Crippen LogP contribution in [0.4, 0.5) is 0 Å². The molecule has 0 N–H and O–H groups in total. The van der Waals surface area contributed by atoms with E-state index >= 15 is 0 Å². The average Bonchev–Trinajstić information content (AvgIpc) is 2.36. The number of cyclic esters (lactones) is 1. The van der Waals surface area contributed by atoms with Gasteiger partial charge in [-0.3, -0.25) is 9.59 Å². The monoisotopic (exact) mass is 158 g/mol. The van der Waals surface area contributed by atoms with E-state index in [4.69, 9.17) is 4.74 Å². The molecule has 11 heavy (non-hydrogen) atoms. The summed E-state index contributed by atoms with van der Waals surface area (Å²) in [6.07, 6.45) is 0.166. The molecular weight excluding hydrogens is 148 g/mol. The fraction of sp³-hybridized carbons (Fsp3) is 0.714. The van der Waals surface area contributed by atoms with E-state index < -0.39 is 0 Å². The van der Waals surface area contributed by atoms with Crippen molar-refractivity contribution in [2.75, 3.05) is 13.2 Å². The molecule has 1 aliphatic heterocycles. The van der Waals surface area contributed by atoms with Crippen molar-refractivity contribution in [2.24, 2.45) is 5.92 Å². The lowest BCUT2D eigenvalue weighted by molar-refractivity contribution is -0.147. The average molecular weight is 158 g/mol. The van der Waals surface area contributed by atoms with Gasteiger partial charge in [0.1, 0.15) is 12.5 Å². The highest BCUT2D eigenvalue weighted by Gasteiger charge is 2.30. The van der Waals surface area contributed by atoms with Crippen LogP contribution in [0.1, 0.15) is 13.3 Å². The third kappa shape index (κ3) is 1.93. The van der Waals surface area contributed by atoms with Crippen LogP contribution in [0, 0.1) is 5.92 Å². The van der Waals surface area contributed by atoms with E-state index in [2.05, 4.69) is 4.74 Å². The Hall–Kier alpha value is -1.06. The summed E-state index contributed by atoms with van der Waals surface area (Å²) in [4.78, 5) is 21.5. The van der Waals surface area contributed by atoms with Crippen LogP contribution in [0.3, 0.4) is 0 Å². The van der Waals surface area contributed by atoms with E-state index in [0.717, 1.165) is 0 Å². The van der Waals surface area contributed by atoms with E-state index in [1.807, 2.05) is 0 Å². The number of ether oxygens (including phenoxy) is 2. The van der Waals surface area contributed by atoms with Crippen LogP contribution >= 0.6 is 0 Å². The van der Waals surface area contributed by atoms with Gasteiger partial charge in [-0.05, 0) is 6.92 Å². The van der Waals surface area contributed by atoms with Crippen molar-refractivity contribution in [1.82, 2.24) is 0 Å². The van der Waals surface area contributed by atoms with Crippen LogP contribution in [0.15, 0.2) is 0 Å². The molecule has 1 fully saturated rings. The van der Waals surface area contributed by atoms with Crippen LogP contribution in [0.25, 0.3) is 0 Å². The quantitative estimate of drug-likeness (QED) is 0.535. The van der Waals surface area contributed by atoms with Gasteiger partial charge in [0.25, 0.3) is 0 Å². The highest BCUT2D eigenvalue weighted by molar-refractivity contribution is 5.82. The second-order valence-corrected chi connectivity index (χ2v) is 2.34. The summed E-state index contributed by atoms with van der Waals surface area (Å²) in [5.74, 6) is -1.02. The Morgan fingerprint density at radius 1 is 1.82 bits per heavy atom. The van der Waals surface area contributed by atoms with Gasteiger partial charge in [-0.2, -0.15) is 0 Å². The maximum atomic E-state index is 10.9. The molecule has 1 aliphatic rings. The molecule has 4 heteroatoms. The molecule has 1 atom stereocenters. The molecular formula is C7H10O4. The summed E-state index contributed by atoms with van der Waals surface area (Å²) in [5.41, 5.74) is 0. The minimum atomic E-state index is -0.373. The summed E-state index contributed by atoms with van der Waals surface area (Å²) >= 11 is 0. The number of carbonyl (C=O) groups is 2. The smallest absolute Gasteiger partial charge is 0.312 e. The maximum absolute atomic E-state index is 10.9. The predicted molar refractivity (Wildman–Crippen MR) is 35.7 cm³/mol. The molecule has 0 saturated carbocycles. The van der Waals surface area contributed by atoms with Gasteiger partial charge in [0.05, 0.1) is 13.0 Å². The van der Waals surface area contributed by atoms with Gasteiger partial charge in [-0.25, -0.2) is 0 Å². The van der Waals surface area contributed by atoms with Crippen LogP contribution in [0.5, 0.6) is 0 Å². The summed E-state index contributed by atoms with van der Waals surface area (Å²) in [6.45, 7) is 2.26. The molecule has 0 aromatic rings. The number of hydrogen-bond donors (Lipinski definition) is 0. The molecule has 0 radical (unpaired) electrons. The molecule has 0 aliphatic carbocycles. The molecule has 0 unspecified atom stereocenters. The Kier molecular flexibility index (Phi) is 2.46. The fourth-order valence-electron chi connectivity index (χ4n) is 0.924. The first kappa shape index (κ1) is 8.04. The first-order chi connectivity index (χ1) is 5.24. The Bertz CT molecular complexity index is 175. The van der Waals surface area contributed by atoms with E-state index in [9.17, 15) is 9.59 Å². The normalized spacial score (nSPS) is 23.0. The third-order valence-electron chi connectivity index (χ3n) is 1.48. The number of hydrogen-bond acceptors (Lipinski definition) is 4. The standard InChI is InChI=1S/C7H10O4/c1-2-10-7(9)5-3-6(8)11-4-5/h5H,2-4H2,1H3/t5-/m1/s1. The van der Waals surface area contributed by atoms with Gasteiger partial charge in [0, 0.05) is 0 Å². The lowest BCUT2D eigenvalue weighted by Gasteiger charge is -2.03. The van der Waals surface area contributed by atoms with Crippen molar-refractivity contribution in [1.29, 1.82) is 0 Å². The first-order valence-corrected chi connectivity index (χ1v) is 3.56. The van der Waals surface area contributed by atoms with Gasteiger partial charge >= 0.3 is 11.9 Å². The van der Waals surface area contributed by atoms with Crippen molar-refractivity contribution in [3.8, 4) is 0 Å². The van der Waals surface area contributed by atoms with E-state index in [-0.39, 0.29) is 30.9 Å². The van der Waals surface area contributed by atoms with Gasteiger partial charge in [-0.1, -0.05) is 0 Å². The van der Waals surface area contributed by atoms with Crippen molar-refractivity contribution < 1.29 is 19.1 Å². The van der Waals surface area contributed by atoms with Gasteiger partial charge in [-0.15, -0.1) is 0 Å². The summed E-state index contributed by atoms with van der Waals surface area (Å²) in [6, 6.07) is 0. The second-order valence-electron chi connectivity index (χ2n) is 2.34. The van der Waals surface area contributed by atoms with E-state index in [1.165, 1.54) is 0 Å². The van der Waals surface area contributed by atoms with Gasteiger partial charge in [0.2, 0.25) is 0 Å². The Balaban J connectivity index is 2.37. The van der Waals surface area contributed by atoms with Crippen LogP contribution in [-0.2, 0) is 19.1 Å². The van der Waals surface area contributed by atoms with E-state index in [0.29, 0.717) is 6.61 Å². The molecule has 0 aromatic heterocycles. The van der Waals surface area contributed by atoms with Crippen molar-refractivity contribution in [2.45, 2.75) is 13.3 Å². The second kappa shape index (κ2) is 3.37. The Morgan fingerprint density at radius 3 is 3.00 bits per heavy atom. The van der Waals surface area contributed by atoms with Gasteiger partial charge < -0.3 is 9.47 Å². The zero-order valence-electron chi connectivity index (χ0n) is 6.33. The Labute approximate surface area is 64.5 Å². The summed E-state index contributed by atoms with van der Waals surface area (Å²) in [5, 5.41) is 0.